The van der Waals surface area contributed by atoms with Gasteiger partial charge in [-0.25, -0.2) is 0 Å². The van der Waals surface area contributed by atoms with Crippen molar-refractivity contribution in [3.63, 3.8) is 0 Å². The molecule has 0 bridgehead atoms. The van der Waals surface area contributed by atoms with Crippen LogP contribution in [-0.4, -0.2) is 70.6 Å². The zero-order chi connectivity index (χ0) is 23.3. The highest BCUT2D eigenvalue weighted by Gasteiger charge is 2.52. The summed E-state index contributed by atoms with van der Waals surface area (Å²) >= 11 is 0. The quantitative estimate of drug-likeness (QED) is 0.633. The van der Waals surface area contributed by atoms with E-state index in [-0.39, 0.29) is 25.0 Å². The van der Waals surface area contributed by atoms with Crippen LogP contribution >= 0.6 is 0 Å². The summed E-state index contributed by atoms with van der Waals surface area (Å²) in [6, 6.07) is 18.9. The van der Waals surface area contributed by atoms with Gasteiger partial charge in [-0.15, -0.1) is 0 Å². The summed E-state index contributed by atoms with van der Waals surface area (Å²) in [4.78, 5) is 40.4. The van der Waals surface area contributed by atoms with Crippen LogP contribution in [0.3, 0.4) is 0 Å². The fourth-order valence-electron chi connectivity index (χ4n) is 4.68. The number of likely N-dealkylation sites (tertiary alicyclic amines) is 1. The fraction of sp³-hybridized carbons (Fsp3) is 0.400. The Hall–Kier alpha value is -3.23. The summed E-state index contributed by atoms with van der Waals surface area (Å²) in [5.74, 6) is -1.35. The van der Waals surface area contributed by atoms with Gasteiger partial charge in [0.05, 0.1) is 18.3 Å². The van der Waals surface area contributed by atoms with Crippen LogP contribution in [0.2, 0.25) is 0 Å². The Morgan fingerprint density at radius 2 is 1.61 bits per heavy atom. The van der Waals surface area contributed by atoms with Crippen molar-refractivity contribution >= 4 is 17.8 Å². The number of ether oxygens (including phenoxy) is 1. The number of carbonyl (C=O) groups excluding carboxylic acids is 2. The van der Waals surface area contributed by atoms with Gasteiger partial charge in [0.15, 0.2) is 0 Å². The lowest BCUT2D eigenvalue weighted by Crippen LogP contribution is -2.60. The average Bonchev–Trinajstić information content (AvgIpc) is 3.06. The predicted molar refractivity (Wildman–Crippen MR) is 121 cm³/mol. The molecular weight excluding hydrogens is 422 g/mol. The molecule has 1 spiro atoms. The minimum absolute atomic E-state index is 0.0102. The Balaban J connectivity index is 1.36. The van der Waals surface area contributed by atoms with Crippen molar-refractivity contribution < 1.29 is 24.2 Å². The Labute approximate surface area is 193 Å². The first-order valence-corrected chi connectivity index (χ1v) is 11.2. The molecule has 0 saturated carbocycles. The van der Waals surface area contributed by atoms with Gasteiger partial charge in [-0.05, 0) is 17.5 Å². The SMILES string of the molecule is O=C(O)CN1C(=O)C(Cc2ccccc2)NC12CCN(C(=O)COCc1ccccc1)CC2. The number of piperidine rings is 1. The van der Waals surface area contributed by atoms with E-state index >= 15 is 0 Å². The summed E-state index contributed by atoms with van der Waals surface area (Å²) in [6.07, 6.45) is 1.44. The van der Waals surface area contributed by atoms with E-state index in [2.05, 4.69) is 5.32 Å². The minimum atomic E-state index is -1.04. The molecule has 2 saturated heterocycles. The molecule has 2 aromatic carbocycles. The zero-order valence-electron chi connectivity index (χ0n) is 18.5. The van der Waals surface area contributed by atoms with Crippen molar-refractivity contribution in [3.05, 3.63) is 71.8 Å². The van der Waals surface area contributed by atoms with Gasteiger partial charge >= 0.3 is 5.97 Å². The number of aliphatic carboxylic acids is 1. The topological polar surface area (TPSA) is 99.2 Å². The number of carbonyl (C=O) groups is 3. The monoisotopic (exact) mass is 451 g/mol. The molecule has 2 aromatic rings. The van der Waals surface area contributed by atoms with Crippen molar-refractivity contribution in [2.45, 2.75) is 37.6 Å². The molecule has 2 amide bonds. The molecule has 2 heterocycles. The van der Waals surface area contributed by atoms with Crippen LogP contribution in [0.5, 0.6) is 0 Å². The number of hydrogen-bond acceptors (Lipinski definition) is 5. The molecule has 0 aromatic heterocycles. The van der Waals surface area contributed by atoms with Crippen LogP contribution in [0.1, 0.15) is 24.0 Å². The Morgan fingerprint density at radius 3 is 2.21 bits per heavy atom. The lowest BCUT2D eigenvalue weighted by molar-refractivity contribution is -0.149. The molecule has 1 atom stereocenters. The second-order valence-corrected chi connectivity index (χ2v) is 8.60. The maximum Gasteiger partial charge on any atom is 0.323 e. The number of rotatable bonds is 8. The minimum Gasteiger partial charge on any atom is -0.480 e. The van der Waals surface area contributed by atoms with Crippen LogP contribution < -0.4 is 5.32 Å². The Bertz CT molecular complexity index is 974. The van der Waals surface area contributed by atoms with Gasteiger partial charge in [-0.2, -0.15) is 0 Å². The molecule has 2 aliphatic heterocycles. The molecule has 2 N–H and O–H groups in total. The third-order valence-electron chi connectivity index (χ3n) is 6.38. The molecule has 8 nitrogen and oxygen atoms in total. The van der Waals surface area contributed by atoms with Crippen molar-refractivity contribution in [2.24, 2.45) is 0 Å². The summed E-state index contributed by atoms with van der Waals surface area (Å²) in [5.41, 5.74) is 1.26. The van der Waals surface area contributed by atoms with E-state index in [9.17, 15) is 19.5 Å². The molecule has 0 aliphatic carbocycles. The van der Waals surface area contributed by atoms with Crippen LogP contribution in [-0.2, 0) is 32.1 Å². The lowest BCUT2D eigenvalue weighted by atomic mass is 9.95. The fourth-order valence-corrected chi connectivity index (χ4v) is 4.68. The Kier molecular flexibility index (Phi) is 7.05. The molecule has 2 aliphatic rings. The first kappa shape index (κ1) is 22.9. The number of benzene rings is 2. The number of carboxylic acids is 1. The number of nitrogens with one attached hydrogen (secondary N) is 1. The van der Waals surface area contributed by atoms with Gasteiger partial charge in [0.25, 0.3) is 0 Å². The van der Waals surface area contributed by atoms with E-state index in [0.717, 1.165) is 11.1 Å². The van der Waals surface area contributed by atoms with E-state index in [1.807, 2.05) is 60.7 Å². The van der Waals surface area contributed by atoms with Crippen molar-refractivity contribution in [1.82, 2.24) is 15.1 Å². The highest BCUT2D eigenvalue weighted by atomic mass is 16.5. The van der Waals surface area contributed by atoms with E-state index in [1.54, 1.807) is 4.90 Å². The van der Waals surface area contributed by atoms with E-state index in [1.165, 1.54) is 4.90 Å². The van der Waals surface area contributed by atoms with Crippen molar-refractivity contribution in [2.75, 3.05) is 26.2 Å². The number of hydrogen-bond donors (Lipinski definition) is 2. The molecule has 33 heavy (non-hydrogen) atoms. The van der Waals surface area contributed by atoms with Crippen molar-refractivity contribution in [3.8, 4) is 0 Å². The average molecular weight is 452 g/mol. The molecule has 8 heteroatoms. The summed E-state index contributed by atoms with van der Waals surface area (Å²) < 4.78 is 5.58. The summed E-state index contributed by atoms with van der Waals surface area (Å²) in [7, 11) is 0. The Morgan fingerprint density at radius 1 is 1.00 bits per heavy atom. The van der Waals surface area contributed by atoms with E-state index in [0.29, 0.717) is 39.0 Å². The highest BCUT2D eigenvalue weighted by molar-refractivity contribution is 5.88. The first-order chi connectivity index (χ1) is 16.0. The smallest absolute Gasteiger partial charge is 0.323 e. The molecular formula is C25H29N3O5. The summed E-state index contributed by atoms with van der Waals surface area (Å²) in [5, 5.41) is 12.8. The molecule has 4 rings (SSSR count). The van der Waals surface area contributed by atoms with Crippen LogP contribution in [0, 0.1) is 0 Å². The molecule has 174 valence electrons. The number of nitrogens with zero attached hydrogens (tertiary/aromatic N) is 2. The molecule has 2 fully saturated rings. The molecule has 1 unspecified atom stereocenters. The molecule has 0 radical (unpaired) electrons. The maximum absolute atomic E-state index is 13.1. The second kappa shape index (κ2) is 10.1. The predicted octanol–water partition coefficient (Wildman–Crippen LogP) is 1.65. The van der Waals surface area contributed by atoms with Gasteiger partial charge < -0.3 is 19.6 Å². The van der Waals surface area contributed by atoms with Gasteiger partial charge in [0, 0.05) is 25.9 Å². The van der Waals surface area contributed by atoms with Gasteiger partial charge in [0.2, 0.25) is 11.8 Å². The van der Waals surface area contributed by atoms with Crippen LogP contribution in [0.4, 0.5) is 0 Å². The third kappa shape index (κ3) is 5.40. The van der Waals surface area contributed by atoms with E-state index in [4.69, 9.17) is 4.74 Å². The standard InChI is InChI=1S/C25H29N3O5/c29-22(18-33-17-20-9-5-2-6-10-20)27-13-11-25(12-14-27)26-21(15-19-7-3-1-4-8-19)24(32)28(25)16-23(30)31/h1-10,21,26H,11-18H2,(H,30,31). The largest absolute Gasteiger partial charge is 0.480 e. The third-order valence-corrected chi connectivity index (χ3v) is 6.38. The maximum atomic E-state index is 13.1. The number of amides is 2. The number of carboxylic acid groups (broad SMARTS) is 1. The van der Waals surface area contributed by atoms with Gasteiger partial charge in [0.1, 0.15) is 13.2 Å². The normalized spacial score (nSPS) is 19.8. The zero-order valence-corrected chi connectivity index (χ0v) is 18.5. The lowest BCUT2D eigenvalue weighted by Gasteiger charge is -2.44. The second-order valence-electron chi connectivity index (χ2n) is 8.60. The highest BCUT2D eigenvalue weighted by Crippen LogP contribution is 2.33. The van der Waals surface area contributed by atoms with Gasteiger partial charge in [-0.1, -0.05) is 60.7 Å². The van der Waals surface area contributed by atoms with Crippen molar-refractivity contribution in [1.29, 1.82) is 0 Å². The van der Waals surface area contributed by atoms with Gasteiger partial charge in [-0.3, -0.25) is 19.7 Å². The van der Waals surface area contributed by atoms with E-state index < -0.39 is 17.7 Å². The summed E-state index contributed by atoms with van der Waals surface area (Å²) in [6.45, 7) is 0.868. The van der Waals surface area contributed by atoms with Crippen LogP contribution in [0.15, 0.2) is 60.7 Å². The van der Waals surface area contributed by atoms with Crippen LogP contribution in [0.25, 0.3) is 0 Å². The first-order valence-electron chi connectivity index (χ1n) is 11.2.